The van der Waals surface area contributed by atoms with Crippen LogP contribution in [0, 0.1) is 0 Å². The summed E-state index contributed by atoms with van der Waals surface area (Å²) in [6.45, 7) is 4.72. The van der Waals surface area contributed by atoms with Gasteiger partial charge in [0.1, 0.15) is 23.7 Å². The first-order valence-electron chi connectivity index (χ1n) is 4.59. The van der Waals surface area contributed by atoms with E-state index in [-0.39, 0.29) is 5.37 Å². The SMILES string of the molecule is C=CCC1=C(C2NCCS2)OC=CO1. The molecule has 0 aromatic rings. The molecule has 0 aromatic heterocycles. The average Bonchev–Trinajstić information content (AvgIpc) is 2.72. The fraction of sp³-hybridized carbons (Fsp3) is 0.400. The minimum atomic E-state index is 0.231. The fourth-order valence-electron chi connectivity index (χ4n) is 1.42. The van der Waals surface area contributed by atoms with Crippen LogP contribution in [-0.2, 0) is 9.47 Å². The third-order valence-electron chi connectivity index (χ3n) is 2.02. The molecule has 0 amide bonds. The van der Waals surface area contributed by atoms with E-state index in [0.717, 1.165) is 23.8 Å². The largest absolute Gasteiger partial charge is 0.462 e. The summed E-state index contributed by atoms with van der Waals surface area (Å²) in [7, 11) is 0. The van der Waals surface area contributed by atoms with Crippen LogP contribution in [0.2, 0.25) is 0 Å². The lowest BCUT2D eigenvalue weighted by atomic mass is 10.3. The van der Waals surface area contributed by atoms with Gasteiger partial charge in [-0.15, -0.1) is 18.3 Å². The van der Waals surface area contributed by atoms with E-state index in [4.69, 9.17) is 9.47 Å². The predicted octanol–water partition coefficient (Wildman–Crippen LogP) is 1.95. The van der Waals surface area contributed by atoms with E-state index in [9.17, 15) is 0 Å². The van der Waals surface area contributed by atoms with E-state index in [1.54, 1.807) is 12.5 Å². The Kier molecular flexibility index (Phi) is 3.16. The maximum Gasteiger partial charge on any atom is 0.169 e. The third-order valence-corrected chi connectivity index (χ3v) is 3.17. The minimum absolute atomic E-state index is 0.231. The Morgan fingerprint density at radius 2 is 2.43 bits per heavy atom. The van der Waals surface area contributed by atoms with Crippen molar-refractivity contribution in [3.05, 3.63) is 36.7 Å². The molecule has 0 aromatic carbocycles. The average molecular weight is 211 g/mol. The Balaban J connectivity index is 2.13. The van der Waals surface area contributed by atoms with Crippen molar-refractivity contribution in [2.45, 2.75) is 11.8 Å². The second-order valence-corrected chi connectivity index (χ2v) is 4.21. The topological polar surface area (TPSA) is 30.5 Å². The molecule has 1 fully saturated rings. The normalized spacial score (nSPS) is 25.9. The van der Waals surface area contributed by atoms with E-state index >= 15 is 0 Å². The van der Waals surface area contributed by atoms with Crippen LogP contribution in [0.3, 0.4) is 0 Å². The second kappa shape index (κ2) is 4.57. The van der Waals surface area contributed by atoms with Crippen molar-refractivity contribution in [1.82, 2.24) is 5.32 Å². The molecular weight excluding hydrogens is 198 g/mol. The van der Waals surface area contributed by atoms with Crippen LogP contribution < -0.4 is 5.32 Å². The number of ether oxygens (including phenoxy) is 2. The van der Waals surface area contributed by atoms with Crippen molar-refractivity contribution in [2.75, 3.05) is 12.3 Å². The molecule has 3 nitrogen and oxygen atoms in total. The molecule has 4 heteroatoms. The van der Waals surface area contributed by atoms with Crippen molar-refractivity contribution in [3.63, 3.8) is 0 Å². The molecule has 0 bridgehead atoms. The van der Waals surface area contributed by atoms with Gasteiger partial charge in [0.05, 0.1) is 0 Å². The molecule has 0 spiro atoms. The molecule has 0 saturated carbocycles. The first-order chi connectivity index (χ1) is 6.92. The van der Waals surface area contributed by atoms with Crippen molar-refractivity contribution in [1.29, 1.82) is 0 Å². The Labute approximate surface area is 87.8 Å². The molecule has 1 N–H and O–H groups in total. The van der Waals surface area contributed by atoms with Gasteiger partial charge in [-0.3, -0.25) is 5.32 Å². The zero-order valence-corrected chi connectivity index (χ0v) is 8.68. The number of thioether (sulfide) groups is 1. The van der Waals surface area contributed by atoms with Gasteiger partial charge in [-0.1, -0.05) is 6.08 Å². The van der Waals surface area contributed by atoms with Crippen LogP contribution in [0.4, 0.5) is 0 Å². The van der Waals surface area contributed by atoms with Crippen LogP contribution in [0.1, 0.15) is 6.42 Å². The van der Waals surface area contributed by atoms with Gasteiger partial charge < -0.3 is 9.47 Å². The highest BCUT2D eigenvalue weighted by Crippen LogP contribution is 2.28. The van der Waals surface area contributed by atoms with Crippen molar-refractivity contribution < 1.29 is 9.47 Å². The second-order valence-electron chi connectivity index (χ2n) is 2.99. The lowest BCUT2D eigenvalue weighted by Crippen LogP contribution is -2.24. The molecule has 1 atom stereocenters. The molecule has 1 unspecified atom stereocenters. The third kappa shape index (κ3) is 1.96. The monoisotopic (exact) mass is 211 g/mol. The van der Waals surface area contributed by atoms with Crippen LogP contribution in [-0.4, -0.2) is 17.7 Å². The number of rotatable bonds is 3. The van der Waals surface area contributed by atoms with Crippen molar-refractivity contribution in [2.24, 2.45) is 0 Å². The summed E-state index contributed by atoms with van der Waals surface area (Å²) in [5.74, 6) is 2.85. The highest BCUT2D eigenvalue weighted by atomic mass is 32.2. The molecule has 76 valence electrons. The van der Waals surface area contributed by atoms with E-state index in [1.807, 2.05) is 17.8 Å². The first-order valence-corrected chi connectivity index (χ1v) is 5.64. The van der Waals surface area contributed by atoms with E-state index in [2.05, 4.69) is 11.9 Å². The standard InChI is InChI=1S/C10H13NO2S/c1-2-3-8-9(13-6-5-12-8)10-11-4-7-14-10/h2,5-6,10-11H,1,3-4,7H2. The number of hydrogen-bond donors (Lipinski definition) is 1. The van der Waals surface area contributed by atoms with Gasteiger partial charge >= 0.3 is 0 Å². The summed E-state index contributed by atoms with van der Waals surface area (Å²) >= 11 is 1.84. The zero-order valence-electron chi connectivity index (χ0n) is 7.86. The van der Waals surface area contributed by atoms with Gasteiger partial charge in [0, 0.05) is 18.7 Å². The van der Waals surface area contributed by atoms with E-state index < -0.39 is 0 Å². The summed E-state index contributed by atoms with van der Waals surface area (Å²) in [6.07, 6.45) is 5.65. The van der Waals surface area contributed by atoms with Crippen LogP contribution >= 0.6 is 11.8 Å². The summed E-state index contributed by atoms with van der Waals surface area (Å²) < 4.78 is 10.9. The van der Waals surface area contributed by atoms with E-state index in [0.29, 0.717) is 6.42 Å². The molecule has 14 heavy (non-hydrogen) atoms. The van der Waals surface area contributed by atoms with Crippen LogP contribution in [0.5, 0.6) is 0 Å². The highest BCUT2D eigenvalue weighted by molar-refractivity contribution is 8.00. The van der Waals surface area contributed by atoms with Gasteiger partial charge in [0.15, 0.2) is 5.76 Å². The van der Waals surface area contributed by atoms with Gasteiger partial charge in [-0.2, -0.15) is 0 Å². The van der Waals surface area contributed by atoms with Gasteiger partial charge in [0.2, 0.25) is 0 Å². The Morgan fingerprint density at radius 3 is 3.14 bits per heavy atom. The van der Waals surface area contributed by atoms with Crippen molar-refractivity contribution >= 4 is 11.8 Å². The maximum absolute atomic E-state index is 5.47. The number of allylic oxidation sites excluding steroid dienone is 1. The van der Waals surface area contributed by atoms with Crippen LogP contribution in [0.25, 0.3) is 0 Å². The summed E-state index contributed by atoms with van der Waals surface area (Å²) in [5, 5.41) is 3.58. The van der Waals surface area contributed by atoms with Crippen LogP contribution in [0.15, 0.2) is 36.7 Å². The lowest BCUT2D eigenvalue weighted by molar-refractivity contribution is 0.213. The van der Waals surface area contributed by atoms with E-state index in [1.165, 1.54) is 0 Å². The molecule has 1 saturated heterocycles. The predicted molar refractivity (Wildman–Crippen MR) is 57.4 cm³/mol. The number of hydrogen-bond acceptors (Lipinski definition) is 4. The Hall–Kier alpha value is -0.870. The lowest BCUT2D eigenvalue weighted by Gasteiger charge is -2.20. The summed E-state index contributed by atoms with van der Waals surface area (Å²) in [4.78, 5) is 0. The van der Waals surface area contributed by atoms with Gasteiger partial charge in [-0.25, -0.2) is 0 Å². The molecule has 2 heterocycles. The van der Waals surface area contributed by atoms with Crippen molar-refractivity contribution in [3.8, 4) is 0 Å². The Bertz CT molecular complexity index is 276. The van der Waals surface area contributed by atoms with Gasteiger partial charge in [-0.05, 0) is 0 Å². The molecule has 2 aliphatic heterocycles. The molecule has 0 radical (unpaired) electrons. The Morgan fingerprint density at radius 1 is 1.57 bits per heavy atom. The molecule has 0 aliphatic carbocycles. The quantitative estimate of drug-likeness (QED) is 0.723. The summed E-state index contributed by atoms with van der Waals surface area (Å²) in [6, 6.07) is 0. The zero-order chi connectivity index (χ0) is 9.80. The van der Waals surface area contributed by atoms with Gasteiger partial charge in [0.25, 0.3) is 0 Å². The maximum atomic E-state index is 5.47. The molecular formula is C10H13NO2S. The number of nitrogens with one attached hydrogen (secondary N) is 1. The fourth-order valence-corrected chi connectivity index (χ4v) is 2.46. The molecule has 2 rings (SSSR count). The minimum Gasteiger partial charge on any atom is -0.462 e. The molecule has 2 aliphatic rings. The summed E-state index contributed by atoms with van der Waals surface area (Å²) in [5.41, 5.74) is 0. The smallest absolute Gasteiger partial charge is 0.169 e. The highest BCUT2D eigenvalue weighted by Gasteiger charge is 2.25. The first kappa shape index (κ1) is 9.68.